The summed E-state index contributed by atoms with van der Waals surface area (Å²) in [5.74, 6) is 0.949. The van der Waals surface area contributed by atoms with Gasteiger partial charge in [-0.25, -0.2) is 9.37 Å². The maximum absolute atomic E-state index is 14.1. The van der Waals surface area contributed by atoms with E-state index < -0.39 is 11.2 Å². The molecule has 3 heterocycles. The molecule has 2 fully saturated rings. The number of allylic oxidation sites excluding steroid dienone is 3. The first-order chi connectivity index (χ1) is 17.5. The molecule has 36 heavy (non-hydrogen) atoms. The number of hydrogen-bond acceptors (Lipinski definition) is 5. The van der Waals surface area contributed by atoms with Crippen LogP contribution in [0, 0.1) is 29.0 Å². The number of halogens is 2. The van der Waals surface area contributed by atoms with Crippen LogP contribution in [-0.4, -0.2) is 42.2 Å². The first-order valence-corrected chi connectivity index (χ1v) is 13.1. The zero-order valence-corrected chi connectivity index (χ0v) is 21.0. The number of nitriles is 1. The fourth-order valence-corrected chi connectivity index (χ4v) is 5.47. The lowest BCUT2D eigenvalue weighted by molar-refractivity contribution is -0.0629. The minimum Gasteiger partial charge on any atom is -0.473 e. The smallest absolute Gasteiger partial charge is 0.213 e. The van der Waals surface area contributed by atoms with E-state index in [1.807, 2.05) is 12.1 Å². The van der Waals surface area contributed by atoms with Gasteiger partial charge in [0.2, 0.25) is 5.88 Å². The van der Waals surface area contributed by atoms with Gasteiger partial charge in [0.05, 0.1) is 17.9 Å². The Labute approximate surface area is 217 Å². The molecule has 3 aliphatic rings. The van der Waals surface area contributed by atoms with Gasteiger partial charge in [-0.2, -0.15) is 5.26 Å². The quantitative estimate of drug-likeness (QED) is 0.448. The van der Waals surface area contributed by atoms with Crippen LogP contribution in [0.4, 0.5) is 4.39 Å². The van der Waals surface area contributed by atoms with Crippen molar-refractivity contribution in [2.45, 2.75) is 43.8 Å². The van der Waals surface area contributed by atoms with Gasteiger partial charge in [0.15, 0.2) is 0 Å². The molecule has 1 aromatic heterocycles. The summed E-state index contributed by atoms with van der Waals surface area (Å²) in [4.78, 5) is 7.13. The molecule has 1 aromatic carbocycles. The highest BCUT2D eigenvalue weighted by atomic mass is 35.5. The third-order valence-electron chi connectivity index (χ3n) is 7.70. The van der Waals surface area contributed by atoms with Crippen molar-refractivity contribution in [3.63, 3.8) is 0 Å². The number of nitrogens with zero attached hydrogens (tertiary/aromatic N) is 3. The number of piperidine rings is 1. The summed E-state index contributed by atoms with van der Waals surface area (Å²) in [6, 6.07) is 12.6. The van der Waals surface area contributed by atoms with Crippen molar-refractivity contribution >= 4 is 11.6 Å². The number of rotatable bonds is 8. The van der Waals surface area contributed by atoms with Crippen molar-refractivity contribution < 1.29 is 13.9 Å². The van der Waals surface area contributed by atoms with E-state index in [4.69, 9.17) is 21.1 Å². The minimum atomic E-state index is -0.650. The molecule has 0 radical (unpaired) electrons. The monoisotopic (exact) mass is 507 g/mol. The van der Waals surface area contributed by atoms with Crippen molar-refractivity contribution in [2.75, 3.05) is 26.2 Å². The van der Waals surface area contributed by atoms with E-state index in [2.05, 4.69) is 40.3 Å². The summed E-state index contributed by atoms with van der Waals surface area (Å²) >= 11 is 5.83. The Hall–Kier alpha value is -2.72. The highest BCUT2D eigenvalue weighted by Crippen LogP contribution is 2.36. The summed E-state index contributed by atoms with van der Waals surface area (Å²) in [6.07, 6.45) is 13.0. The second kappa shape index (κ2) is 11.1. The van der Waals surface area contributed by atoms with Gasteiger partial charge in [0.1, 0.15) is 17.8 Å². The van der Waals surface area contributed by atoms with Crippen LogP contribution in [0.5, 0.6) is 5.88 Å². The van der Waals surface area contributed by atoms with Crippen LogP contribution in [-0.2, 0) is 16.8 Å². The maximum Gasteiger partial charge on any atom is 0.213 e. The Kier molecular flexibility index (Phi) is 7.71. The van der Waals surface area contributed by atoms with E-state index in [9.17, 15) is 9.65 Å². The standard InChI is InChI=1S/C29H31ClFN3O2/c30-24-9-8-23(26(31)17-24)19-36-28-7-3-6-27(33-28)29(20-32)11-13-34(14-12-29)18-22-5-2-1-4-21(22)16-25-10-15-35-25/h1-9,17,21-22,25H,10-16,18-19H2/t21?,22-,25?/m1/s1. The van der Waals surface area contributed by atoms with Crippen LogP contribution in [0.2, 0.25) is 5.02 Å². The molecule has 5 nitrogen and oxygen atoms in total. The number of ether oxygens (including phenoxy) is 2. The molecule has 2 aromatic rings. The molecule has 0 bridgehead atoms. The molecule has 188 valence electrons. The van der Waals surface area contributed by atoms with Crippen LogP contribution >= 0.6 is 11.6 Å². The van der Waals surface area contributed by atoms with Gasteiger partial charge < -0.3 is 14.4 Å². The molecular weight excluding hydrogens is 477 g/mol. The maximum atomic E-state index is 14.1. The van der Waals surface area contributed by atoms with Crippen molar-refractivity contribution in [3.05, 3.63) is 82.8 Å². The van der Waals surface area contributed by atoms with E-state index in [1.165, 1.54) is 12.5 Å². The van der Waals surface area contributed by atoms with Crippen molar-refractivity contribution in [1.29, 1.82) is 5.26 Å². The summed E-state index contributed by atoms with van der Waals surface area (Å²) in [5.41, 5.74) is 0.478. The Morgan fingerprint density at radius 2 is 1.94 bits per heavy atom. The van der Waals surface area contributed by atoms with Gasteiger partial charge in [-0.05, 0) is 55.7 Å². The van der Waals surface area contributed by atoms with Crippen LogP contribution in [0.1, 0.15) is 36.9 Å². The SMILES string of the molecule is N#CC1(c2cccc(OCc3ccc(Cl)cc3F)n2)CCN(C[C@H]2C=CC=CC2CC2CCO2)CC1. The Balaban J connectivity index is 1.20. The lowest BCUT2D eigenvalue weighted by Gasteiger charge is -2.40. The van der Waals surface area contributed by atoms with E-state index in [-0.39, 0.29) is 6.61 Å². The molecule has 2 unspecified atom stereocenters. The summed E-state index contributed by atoms with van der Waals surface area (Å²) in [7, 11) is 0. The number of likely N-dealkylation sites (tertiary alicyclic amines) is 1. The largest absolute Gasteiger partial charge is 0.473 e. The van der Waals surface area contributed by atoms with Gasteiger partial charge in [0, 0.05) is 42.9 Å². The number of pyridine rings is 1. The number of aromatic nitrogens is 1. The summed E-state index contributed by atoms with van der Waals surface area (Å²) in [6.45, 7) is 3.61. The predicted molar refractivity (Wildman–Crippen MR) is 137 cm³/mol. The van der Waals surface area contributed by atoms with Gasteiger partial charge in [0.25, 0.3) is 0 Å². The number of hydrogen-bond donors (Lipinski definition) is 0. The third kappa shape index (κ3) is 5.64. The van der Waals surface area contributed by atoms with Gasteiger partial charge in [-0.15, -0.1) is 0 Å². The normalized spacial score (nSPS) is 25.2. The Bertz CT molecular complexity index is 1170. The highest BCUT2D eigenvalue weighted by molar-refractivity contribution is 6.30. The molecule has 2 aliphatic heterocycles. The fraction of sp³-hybridized carbons (Fsp3) is 0.448. The van der Waals surface area contributed by atoms with Gasteiger partial charge in [-0.1, -0.05) is 48.0 Å². The summed E-state index contributed by atoms with van der Waals surface area (Å²) < 4.78 is 25.6. The summed E-state index contributed by atoms with van der Waals surface area (Å²) in [5, 5.41) is 10.5. The van der Waals surface area contributed by atoms with E-state index in [0.717, 1.165) is 38.4 Å². The van der Waals surface area contributed by atoms with E-state index >= 15 is 0 Å². The number of benzene rings is 1. The van der Waals surface area contributed by atoms with Crippen LogP contribution in [0.3, 0.4) is 0 Å². The molecule has 2 saturated heterocycles. The van der Waals surface area contributed by atoms with Crippen LogP contribution in [0.15, 0.2) is 60.7 Å². The Morgan fingerprint density at radius 3 is 2.64 bits per heavy atom. The molecule has 5 rings (SSSR count). The minimum absolute atomic E-state index is 0.0448. The van der Waals surface area contributed by atoms with Crippen molar-refractivity contribution in [2.24, 2.45) is 11.8 Å². The first-order valence-electron chi connectivity index (χ1n) is 12.7. The molecule has 0 spiro atoms. The molecular formula is C29H31ClFN3O2. The van der Waals surface area contributed by atoms with Crippen LogP contribution in [0.25, 0.3) is 0 Å². The molecule has 0 amide bonds. The predicted octanol–water partition coefficient (Wildman–Crippen LogP) is 5.85. The first kappa shape index (κ1) is 25.0. The molecule has 1 aliphatic carbocycles. The van der Waals surface area contributed by atoms with Crippen molar-refractivity contribution in [3.8, 4) is 11.9 Å². The Morgan fingerprint density at radius 1 is 1.17 bits per heavy atom. The highest BCUT2D eigenvalue weighted by Gasteiger charge is 2.39. The molecule has 0 N–H and O–H groups in total. The van der Waals surface area contributed by atoms with Gasteiger partial charge in [-0.3, -0.25) is 0 Å². The second-order valence-corrected chi connectivity index (χ2v) is 10.4. The van der Waals surface area contributed by atoms with E-state index in [0.29, 0.717) is 47.2 Å². The average molecular weight is 508 g/mol. The third-order valence-corrected chi connectivity index (χ3v) is 7.94. The zero-order valence-electron chi connectivity index (χ0n) is 20.3. The van der Waals surface area contributed by atoms with Gasteiger partial charge >= 0.3 is 0 Å². The lowest BCUT2D eigenvalue weighted by Crippen LogP contribution is -2.45. The van der Waals surface area contributed by atoms with E-state index in [1.54, 1.807) is 18.2 Å². The lowest BCUT2D eigenvalue weighted by atomic mass is 9.76. The van der Waals surface area contributed by atoms with Crippen molar-refractivity contribution in [1.82, 2.24) is 9.88 Å². The second-order valence-electron chi connectivity index (χ2n) is 9.99. The average Bonchev–Trinajstić information content (AvgIpc) is 2.87. The van der Waals surface area contributed by atoms with Crippen LogP contribution < -0.4 is 4.74 Å². The molecule has 0 saturated carbocycles. The molecule has 3 atom stereocenters. The molecule has 7 heteroatoms. The zero-order chi connectivity index (χ0) is 25.0. The topological polar surface area (TPSA) is 58.4 Å². The fourth-order valence-electron chi connectivity index (χ4n) is 5.32.